The van der Waals surface area contributed by atoms with Crippen LogP contribution in [0, 0.1) is 5.82 Å². The number of hydrogen-bond acceptors (Lipinski definition) is 2. The number of halogens is 2. The molecule has 0 amide bonds. The first kappa shape index (κ1) is 10.4. The molecule has 0 heterocycles. The molecule has 1 unspecified atom stereocenters. The van der Waals surface area contributed by atoms with Crippen LogP contribution < -0.4 is 0 Å². The number of rotatable bonds is 3. The minimum Gasteiger partial charge on any atom is -0.386 e. The lowest BCUT2D eigenvalue weighted by Crippen LogP contribution is -2.04. The van der Waals surface area contributed by atoms with Gasteiger partial charge in [0.1, 0.15) is 11.9 Å². The zero-order chi connectivity index (χ0) is 9.84. The lowest BCUT2D eigenvalue weighted by Gasteiger charge is -2.09. The lowest BCUT2D eigenvalue weighted by molar-refractivity contribution is 0.0643. The molecule has 1 N–H and O–H groups in total. The van der Waals surface area contributed by atoms with E-state index in [1.54, 1.807) is 0 Å². The Kier molecular flexibility index (Phi) is 3.66. The number of ether oxygens (including phenoxy) is 1. The third kappa shape index (κ3) is 2.66. The number of aliphatic hydroxyl groups is 1. The highest BCUT2D eigenvalue weighted by molar-refractivity contribution is 6.30. The monoisotopic (exact) mass is 204 g/mol. The third-order valence-corrected chi connectivity index (χ3v) is 1.94. The average molecular weight is 205 g/mol. The maximum absolute atomic E-state index is 12.7. The van der Waals surface area contributed by atoms with Crippen LogP contribution in [0.25, 0.3) is 0 Å². The van der Waals surface area contributed by atoms with Crippen molar-refractivity contribution in [1.29, 1.82) is 0 Å². The molecule has 0 fully saturated rings. The molecule has 0 bridgehead atoms. The summed E-state index contributed by atoms with van der Waals surface area (Å²) in [5, 5.41) is 9.44. The van der Waals surface area contributed by atoms with E-state index in [9.17, 15) is 9.50 Å². The molecular weight excluding hydrogens is 195 g/mol. The molecule has 0 aliphatic rings. The van der Waals surface area contributed by atoms with E-state index >= 15 is 0 Å². The van der Waals surface area contributed by atoms with Crippen molar-refractivity contribution >= 4 is 11.6 Å². The summed E-state index contributed by atoms with van der Waals surface area (Å²) in [5.41, 5.74) is 0.549. The molecule has 0 aliphatic carbocycles. The smallest absolute Gasteiger partial charge is 0.141 e. The summed E-state index contributed by atoms with van der Waals surface area (Å²) >= 11 is 5.53. The minimum absolute atomic E-state index is 0.00709. The predicted molar refractivity (Wildman–Crippen MR) is 48.2 cm³/mol. The first-order chi connectivity index (χ1) is 6.15. The van der Waals surface area contributed by atoms with Gasteiger partial charge >= 0.3 is 0 Å². The molecule has 0 radical (unpaired) electrons. The fourth-order valence-electron chi connectivity index (χ4n) is 0.974. The Hall–Kier alpha value is -0.640. The third-order valence-electron chi connectivity index (χ3n) is 1.65. The van der Waals surface area contributed by atoms with E-state index in [1.165, 1.54) is 25.3 Å². The molecule has 0 saturated carbocycles. The Morgan fingerprint density at radius 2 is 2.31 bits per heavy atom. The van der Waals surface area contributed by atoms with E-state index in [1.807, 2.05) is 0 Å². The molecule has 13 heavy (non-hydrogen) atoms. The molecular formula is C9H10ClFO2. The largest absolute Gasteiger partial charge is 0.386 e. The first-order valence-electron chi connectivity index (χ1n) is 3.77. The van der Waals surface area contributed by atoms with E-state index in [4.69, 9.17) is 16.3 Å². The normalized spacial score (nSPS) is 12.9. The van der Waals surface area contributed by atoms with Gasteiger partial charge in [-0.05, 0) is 17.7 Å². The van der Waals surface area contributed by atoms with Gasteiger partial charge in [0.2, 0.25) is 0 Å². The van der Waals surface area contributed by atoms with Crippen LogP contribution in [-0.4, -0.2) is 18.8 Å². The maximum Gasteiger partial charge on any atom is 0.141 e. The Morgan fingerprint density at radius 1 is 1.62 bits per heavy atom. The van der Waals surface area contributed by atoms with Crippen LogP contribution in [0.4, 0.5) is 4.39 Å². The van der Waals surface area contributed by atoms with Crippen molar-refractivity contribution in [3.05, 3.63) is 34.6 Å². The molecule has 0 spiro atoms. The Bertz CT molecular complexity index is 291. The zero-order valence-electron chi connectivity index (χ0n) is 7.13. The summed E-state index contributed by atoms with van der Waals surface area (Å²) in [6.07, 6.45) is -0.761. The van der Waals surface area contributed by atoms with Crippen LogP contribution in [0.3, 0.4) is 0 Å². The fourth-order valence-corrected chi connectivity index (χ4v) is 1.16. The topological polar surface area (TPSA) is 29.5 Å². The molecule has 0 saturated heterocycles. The minimum atomic E-state index is -0.761. The second-order valence-electron chi connectivity index (χ2n) is 2.64. The predicted octanol–water partition coefficient (Wildman–Crippen LogP) is 2.16. The van der Waals surface area contributed by atoms with Crippen molar-refractivity contribution in [2.24, 2.45) is 0 Å². The van der Waals surface area contributed by atoms with E-state index < -0.39 is 11.9 Å². The van der Waals surface area contributed by atoms with Crippen molar-refractivity contribution in [2.75, 3.05) is 13.7 Å². The van der Waals surface area contributed by atoms with Gasteiger partial charge in [0.05, 0.1) is 11.6 Å². The average Bonchev–Trinajstić information content (AvgIpc) is 2.10. The lowest BCUT2D eigenvalue weighted by atomic mass is 10.1. The molecule has 1 aromatic rings. The molecule has 0 aliphatic heterocycles. The quantitative estimate of drug-likeness (QED) is 0.818. The summed E-state index contributed by atoms with van der Waals surface area (Å²) in [6.45, 7) is 0.169. The Labute approximate surface area is 80.9 Å². The number of methoxy groups -OCH3 is 1. The van der Waals surface area contributed by atoms with Crippen LogP contribution in [-0.2, 0) is 4.74 Å². The van der Waals surface area contributed by atoms with Crippen molar-refractivity contribution in [3.8, 4) is 0 Å². The molecule has 1 rings (SSSR count). The second kappa shape index (κ2) is 4.56. The van der Waals surface area contributed by atoms with Gasteiger partial charge in [-0.1, -0.05) is 17.7 Å². The molecule has 4 heteroatoms. The van der Waals surface area contributed by atoms with Crippen molar-refractivity contribution in [2.45, 2.75) is 6.10 Å². The maximum atomic E-state index is 12.7. The molecule has 72 valence electrons. The van der Waals surface area contributed by atoms with E-state index in [0.717, 1.165) is 0 Å². The fraction of sp³-hybridized carbons (Fsp3) is 0.333. The van der Waals surface area contributed by atoms with Crippen LogP contribution in [0.2, 0.25) is 5.02 Å². The van der Waals surface area contributed by atoms with Crippen molar-refractivity contribution < 1.29 is 14.2 Å². The summed E-state index contributed by atoms with van der Waals surface area (Å²) in [6, 6.07) is 4.09. The number of benzene rings is 1. The number of hydrogen-bond donors (Lipinski definition) is 1. The van der Waals surface area contributed by atoms with Crippen LogP contribution >= 0.6 is 11.6 Å². The van der Waals surface area contributed by atoms with E-state index in [0.29, 0.717) is 5.56 Å². The first-order valence-corrected chi connectivity index (χ1v) is 4.15. The van der Waals surface area contributed by atoms with Gasteiger partial charge in [0.15, 0.2) is 0 Å². The van der Waals surface area contributed by atoms with E-state index in [-0.39, 0.29) is 11.6 Å². The van der Waals surface area contributed by atoms with Gasteiger partial charge in [-0.3, -0.25) is 0 Å². The Morgan fingerprint density at radius 3 is 2.85 bits per heavy atom. The van der Waals surface area contributed by atoms with Gasteiger partial charge in [0.25, 0.3) is 0 Å². The molecule has 1 atom stereocenters. The summed E-state index contributed by atoms with van der Waals surface area (Å²) in [4.78, 5) is 0. The zero-order valence-corrected chi connectivity index (χ0v) is 7.88. The molecule has 0 aromatic heterocycles. The summed E-state index contributed by atoms with van der Waals surface area (Å²) in [7, 11) is 1.48. The van der Waals surface area contributed by atoms with Crippen LogP contribution in [0.5, 0.6) is 0 Å². The summed E-state index contributed by atoms with van der Waals surface area (Å²) < 4.78 is 17.4. The molecule has 2 nitrogen and oxygen atoms in total. The molecule has 1 aromatic carbocycles. The highest BCUT2D eigenvalue weighted by atomic mass is 35.5. The summed E-state index contributed by atoms with van der Waals surface area (Å²) in [5.74, 6) is -0.491. The van der Waals surface area contributed by atoms with Gasteiger partial charge in [0, 0.05) is 7.11 Å². The number of aliphatic hydroxyl groups excluding tert-OH is 1. The highest BCUT2D eigenvalue weighted by Gasteiger charge is 2.08. The van der Waals surface area contributed by atoms with Gasteiger partial charge < -0.3 is 9.84 Å². The standard InChI is InChI=1S/C9H10ClFO2/c1-13-5-9(12)6-2-3-8(11)7(10)4-6/h2-4,9,12H,5H2,1H3. The van der Waals surface area contributed by atoms with Gasteiger partial charge in [-0.2, -0.15) is 0 Å². The van der Waals surface area contributed by atoms with Crippen molar-refractivity contribution in [3.63, 3.8) is 0 Å². The highest BCUT2D eigenvalue weighted by Crippen LogP contribution is 2.20. The Balaban J connectivity index is 2.84. The SMILES string of the molecule is COCC(O)c1ccc(F)c(Cl)c1. The van der Waals surface area contributed by atoms with Gasteiger partial charge in [-0.25, -0.2) is 4.39 Å². The van der Waals surface area contributed by atoms with E-state index in [2.05, 4.69) is 0 Å². The van der Waals surface area contributed by atoms with Crippen LogP contribution in [0.1, 0.15) is 11.7 Å². The van der Waals surface area contributed by atoms with Crippen molar-refractivity contribution in [1.82, 2.24) is 0 Å². The van der Waals surface area contributed by atoms with Gasteiger partial charge in [-0.15, -0.1) is 0 Å². The second-order valence-corrected chi connectivity index (χ2v) is 3.05. The van der Waals surface area contributed by atoms with Crippen LogP contribution in [0.15, 0.2) is 18.2 Å².